The van der Waals surface area contributed by atoms with Crippen LogP contribution in [0.5, 0.6) is 5.75 Å². The normalized spacial score (nSPS) is 14.7. The maximum Gasteiger partial charge on any atom is 0.191 e. The summed E-state index contributed by atoms with van der Waals surface area (Å²) in [6.45, 7) is 7.95. The summed E-state index contributed by atoms with van der Waals surface area (Å²) in [7, 11) is 1.70. The van der Waals surface area contributed by atoms with Crippen LogP contribution < -0.4 is 15.4 Å². The standard InChI is InChI=1S/C24H38N6O.HI/c1-4-25-24(27-17-15-19(2)20-11-13-21(31-3)14-12-20)26-16-8-10-23-29-28-22-9-6-5-7-18-30(22)23;/h11-14,19H,4-10,15-18H2,1-3H3,(H2,25,26,27);1H. The third-order valence-electron chi connectivity index (χ3n) is 5.91. The van der Waals surface area contributed by atoms with Gasteiger partial charge in [0, 0.05) is 39.0 Å². The van der Waals surface area contributed by atoms with Crippen molar-refractivity contribution in [2.24, 2.45) is 4.99 Å². The lowest BCUT2D eigenvalue weighted by molar-refractivity contribution is 0.414. The van der Waals surface area contributed by atoms with E-state index < -0.39 is 0 Å². The number of halogens is 1. The van der Waals surface area contributed by atoms with Crippen LogP contribution in [0.4, 0.5) is 0 Å². The van der Waals surface area contributed by atoms with E-state index in [0.29, 0.717) is 5.92 Å². The van der Waals surface area contributed by atoms with Crippen LogP contribution in [0.15, 0.2) is 29.3 Å². The number of methoxy groups -OCH3 is 1. The van der Waals surface area contributed by atoms with E-state index in [1.807, 2.05) is 12.1 Å². The van der Waals surface area contributed by atoms with Crippen molar-refractivity contribution in [3.8, 4) is 5.75 Å². The van der Waals surface area contributed by atoms with Crippen LogP contribution in [0, 0.1) is 0 Å². The van der Waals surface area contributed by atoms with Gasteiger partial charge in [-0.25, -0.2) is 0 Å². The number of aromatic nitrogens is 3. The minimum Gasteiger partial charge on any atom is -0.497 e. The molecular formula is C24H39IN6O. The second kappa shape index (κ2) is 14.3. The molecule has 2 heterocycles. The second-order valence-electron chi connectivity index (χ2n) is 8.25. The molecule has 7 nitrogen and oxygen atoms in total. The number of nitrogens with one attached hydrogen (secondary N) is 2. The van der Waals surface area contributed by atoms with Crippen LogP contribution in [-0.2, 0) is 19.4 Å². The van der Waals surface area contributed by atoms with Crippen molar-refractivity contribution in [1.82, 2.24) is 25.4 Å². The van der Waals surface area contributed by atoms with Gasteiger partial charge in [0.1, 0.15) is 17.4 Å². The molecule has 0 spiro atoms. The fourth-order valence-corrected chi connectivity index (χ4v) is 4.01. The molecule has 2 aromatic rings. The zero-order valence-electron chi connectivity index (χ0n) is 19.8. The van der Waals surface area contributed by atoms with Gasteiger partial charge in [0.2, 0.25) is 0 Å². The van der Waals surface area contributed by atoms with Crippen molar-refractivity contribution >= 4 is 29.9 Å². The van der Waals surface area contributed by atoms with E-state index in [9.17, 15) is 0 Å². The molecule has 1 aromatic carbocycles. The van der Waals surface area contributed by atoms with Gasteiger partial charge in [0.05, 0.1) is 7.11 Å². The molecule has 0 fully saturated rings. The number of aryl methyl sites for hydroxylation is 2. The molecule has 0 aliphatic carbocycles. The number of nitrogens with zero attached hydrogens (tertiary/aromatic N) is 4. The molecule has 0 bridgehead atoms. The molecule has 1 aromatic heterocycles. The van der Waals surface area contributed by atoms with Gasteiger partial charge in [-0.3, -0.25) is 4.99 Å². The molecule has 0 saturated carbocycles. The number of fused-ring (bicyclic) bond motifs is 1. The summed E-state index contributed by atoms with van der Waals surface area (Å²) in [4.78, 5) is 4.76. The Kier molecular flexibility index (Phi) is 11.8. The Morgan fingerprint density at radius 3 is 2.72 bits per heavy atom. The first-order chi connectivity index (χ1) is 15.2. The molecule has 2 N–H and O–H groups in total. The van der Waals surface area contributed by atoms with E-state index in [-0.39, 0.29) is 24.0 Å². The maximum absolute atomic E-state index is 5.25. The van der Waals surface area contributed by atoms with Crippen molar-refractivity contribution < 1.29 is 4.74 Å². The molecule has 3 rings (SSSR count). The molecule has 1 aliphatic rings. The Morgan fingerprint density at radius 1 is 1.16 bits per heavy atom. The van der Waals surface area contributed by atoms with Crippen molar-refractivity contribution in [3.63, 3.8) is 0 Å². The summed E-state index contributed by atoms with van der Waals surface area (Å²) in [5, 5.41) is 15.7. The monoisotopic (exact) mass is 554 g/mol. The molecular weight excluding hydrogens is 515 g/mol. The number of hydrogen-bond acceptors (Lipinski definition) is 4. The summed E-state index contributed by atoms with van der Waals surface area (Å²) < 4.78 is 7.58. The van der Waals surface area contributed by atoms with E-state index in [0.717, 1.165) is 75.2 Å². The second-order valence-corrected chi connectivity index (χ2v) is 8.25. The Bertz CT molecular complexity index is 820. The van der Waals surface area contributed by atoms with E-state index in [4.69, 9.17) is 9.73 Å². The Labute approximate surface area is 209 Å². The highest BCUT2D eigenvalue weighted by atomic mass is 127. The molecule has 32 heavy (non-hydrogen) atoms. The van der Waals surface area contributed by atoms with Crippen LogP contribution >= 0.6 is 24.0 Å². The zero-order chi connectivity index (χ0) is 21.9. The summed E-state index contributed by atoms with van der Waals surface area (Å²) in [6, 6.07) is 8.35. The van der Waals surface area contributed by atoms with Crippen molar-refractivity contribution in [3.05, 3.63) is 41.5 Å². The quantitative estimate of drug-likeness (QED) is 0.198. The zero-order valence-corrected chi connectivity index (χ0v) is 22.1. The van der Waals surface area contributed by atoms with Gasteiger partial charge in [0.25, 0.3) is 0 Å². The van der Waals surface area contributed by atoms with E-state index in [2.05, 4.69) is 51.4 Å². The first-order valence-corrected chi connectivity index (χ1v) is 11.8. The lowest BCUT2D eigenvalue weighted by Gasteiger charge is -2.15. The van der Waals surface area contributed by atoms with Gasteiger partial charge in [-0.05, 0) is 56.2 Å². The van der Waals surface area contributed by atoms with Crippen LogP contribution in [0.3, 0.4) is 0 Å². The fraction of sp³-hybridized carbons (Fsp3) is 0.625. The number of benzene rings is 1. The summed E-state index contributed by atoms with van der Waals surface area (Å²) in [5.74, 6) is 4.56. The molecule has 1 aliphatic heterocycles. The lowest BCUT2D eigenvalue weighted by Crippen LogP contribution is -2.38. The average Bonchev–Trinajstić information content (AvgIpc) is 3.02. The van der Waals surface area contributed by atoms with Crippen molar-refractivity contribution in [2.75, 3.05) is 26.7 Å². The van der Waals surface area contributed by atoms with Crippen LogP contribution in [0.25, 0.3) is 0 Å². The van der Waals surface area contributed by atoms with E-state index in [1.54, 1.807) is 7.11 Å². The first kappa shape index (κ1) is 26.4. The van der Waals surface area contributed by atoms with E-state index in [1.165, 1.54) is 24.8 Å². The molecule has 178 valence electrons. The van der Waals surface area contributed by atoms with Crippen molar-refractivity contribution in [1.29, 1.82) is 0 Å². The SMILES string of the molecule is CCNC(=NCCCc1nnc2n1CCCCC2)NCCC(C)c1ccc(OC)cc1.I. The number of hydrogen-bond donors (Lipinski definition) is 2. The van der Waals surface area contributed by atoms with Gasteiger partial charge >= 0.3 is 0 Å². The smallest absolute Gasteiger partial charge is 0.191 e. The highest BCUT2D eigenvalue weighted by Crippen LogP contribution is 2.21. The fourth-order valence-electron chi connectivity index (χ4n) is 4.01. The van der Waals surface area contributed by atoms with Crippen LogP contribution in [-0.4, -0.2) is 47.5 Å². The number of ether oxygens (including phenoxy) is 1. The van der Waals surface area contributed by atoms with Gasteiger partial charge in [0.15, 0.2) is 5.96 Å². The van der Waals surface area contributed by atoms with Gasteiger partial charge in [-0.1, -0.05) is 25.5 Å². The third kappa shape index (κ3) is 7.94. The van der Waals surface area contributed by atoms with Gasteiger partial charge < -0.3 is 19.9 Å². The lowest BCUT2D eigenvalue weighted by atomic mass is 9.98. The Balaban J connectivity index is 0.00000363. The predicted octanol–water partition coefficient (Wildman–Crippen LogP) is 4.31. The van der Waals surface area contributed by atoms with E-state index >= 15 is 0 Å². The summed E-state index contributed by atoms with van der Waals surface area (Å²) in [5.41, 5.74) is 1.33. The Morgan fingerprint density at radius 2 is 1.97 bits per heavy atom. The minimum absolute atomic E-state index is 0. The number of rotatable bonds is 10. The Hall–Kier alpha value is -1.84. The maximum atomic E-state index is 5.25. The summed E-state index contributed by atoms with van der Waals surface area (Å²) >= 11 is 0. The number of aliphatic imine (C=N–C) groups is 1. The summed E-state index contributed by atoms with van der Waals surface area (Å²) in [6.07, 6.45) is 7.79. The van der Waals surface area contributed by atoms with Crippen molar-refractivity contribution in [2.45, 2.75) is 71.3 Å². The predicted molar refractivity (Wildman–Crippen MR) is 141 cm³/mol. The molecule has 0 saturated heterocycles. The first-order valence-electron chi connectivity index (χ1n) is 11.8. The molecule has 0 radical (unpaired) electrons. The molecule has 0 amide bonds. The topological polar surface area (TPSA) is 76.4 Å². The highest BCUT2D eigenvalue weighted by molar-refractivity contribution is 14.0. The minimum atomic E-state index is 0. The third-order valence-corrected chi connectivity index (χ3v) is 5.91. The number of guanidine groups is 1. The van der Waals surface area contributed by atoms with Gasteiger partial charge in [-0.15, -0.1) is 34.2 Å². The van der Waals surface area contributed by atoms with Gasteiger partial charge in [-0.2, -0.15) is 0 Å². The molecule has 1 unspecified atom stereocenters. The van der Waals surface area contributed by atoms with Crippen LogP contribution in [0.1, 0.15) is 69.1 Å². The van der Waals surface area contributed by atoms with Crippen LogP contribution in [0.2, 0.25) is 0 Å². The molecule has 1 atom stereocenters. The largest absolute Gasteiger partial charge is 0.497 e. The highest BCUT2D eigenvalue weighted by Gasteiger charge is 2.14. The average molecular weight is 555 g/mol. The molecule has 8 heteroatoms.